The second kappa shape index (κ2) is 16.5. The van der Waals surface area contributed by atoms with Crippen molar-refractivity contribution in [2.45, 2.75) is 115 Å². The van der Waals surface area contributed by atoms with Crippen LogP contribution in [0.4, 0.5) is 28.4 Å². The van der Waals surface area contributed by atoms with Crippen molar-refractivity contribution in [2.24, 2.45) is 0 Å². The van der Waals surface area contributed by atoms with E-state index < -0.39 is 0 Å². The van der Waals surface area contributed by atoms with Gasteiger partial charge in [-0.15, -0.1) is 0 Å². The summed E-state index contributed by atoms with van der Waals surface area (Å²) in [7, 11) is 0. The molecule has 0 aliphatic carbocycles. The van der Waals surface area contributed by atoms with Crippen molar-refractivity contribution in [3.8, 4) is 44.5 Å². The summed E-state index contributed by atoms with van der Waals surface area (Å²) in [6.07, 6.45) is 1.88. The van der Waals surface area contributed by atoms with Crippen molar-refractivity contribution in [2.75, 3.05) is 9.71 Å². The van der Waals surface area contributed by atoms with E-state index in [1.54, 1.807) is 0 Å². The maximum Gasteiger partial charge on any atom is 0.333 e. The molecule has 0 atom stereocenters. The van der Waals surface area contributed by atoms with Gasteiger partial charge >= 0.3 is 6.85 Å². The number of fused-ring (bicyclic) bond motifs is 6. The van der Waals surface area contributed by atoms with E-state index in [-0.39, 0.29) is 17.7 Å². The molecule has 3 nitrogen and oxygen atoms in total. The van der Waals surface area contributed by atoms with Crippen LogP contribution in [0.5, 0.6) is 0 Å². The van der Waals surface area contributed by atoms with E-state index in [0.717, 1.165) is 22.3 Å². The predicted octanol–water partition coefficient (Wildman–Crippen LogP) is 17.5. The lowest BCUT2D eigenvalue weighted by atomic mass is 9.43. The van der Waals surface area contributed by atoms with Gasteiger partial charge in [-0.1, -0.05) is 131 Å². The molecular weight excluding hydrogens is 860 g/mol. The molecule has 2 aliphatic rings. The molecule has 11 rings (SSSR count). The summed E-state index contributed by atoms with van der Waals surface area (Å²) in [5, 5.41) is 1.09. The van der Waals surface area contributed by atoms with E-state index in [2.05, 4.69) is 241 Å². The van der Waals surface area contributed by atoms with Crippen LogP contribution in [0.15, 0.2) is 138 Å². The number of aryl methyl sites for hydroxylation is 9. The molecule has 4 heteroatoms. The van der Waals surface area contributed by atoms with Crippen LogP contribution in [0, 0.1) is 62.3 Å². The smallest absolute Gasteiger partial charge is 0.333 e. The van der Waals surface area contributed by atoms with Crippen molar-refractivity contribution in [3.05, 3.63) is 195 Å². The van der Waals surface area contributed by atoms with Crippen LogP contribution in [-0.4, -0.2) is 6.85 Å². The van der Waals surface area contributed by atoms with Crippen molar-refractivity contribution in [1.29, 1.82) is 0 Å². The van der Waals surface area contributed by atoms with Gasteiger partial charge in [-0.25, -0.2) is 0 Å². The molecule has 0 saturated heterocycles. The Morgan fingerprint density at radius 1 is 0.408 bits per heavy atom. The van der Waals surface area contributed by atoms with Crippen LogP contribution in [0.1, 0.15) is 103 Å². The first-order chi connectivity index (χ1) is 33.7. The number of nitrogens with zero attached hydrogens (tertiary/aromatic N) is 2. The Bertz CT molecular complexity index is 3560. The van der Waals surface area contributed by atoms with Gasteiger partial charge < -0.3 is 14.1 Å². The summed E-state index contributed by atoms with van der Waals surface area (Å²) >= 11 is 0. The molecule has 71 heavy (non-hydrogen) atoms. The quantitative estimate of drug-likeness (QED) is 0.160. The highest BCUT2D eigenvalue weighted by Crippen LogP contribution is 2.52. The maximum absolute atomic E-state index is 6.72. The second-order valence-electron chi connectivity index (χ2n) is 23.3. The molecule has 0 spiro atoms. The number of furan rings is 1. The van der Waals surface area contributed by atoms with E-state index >= 15 is 0 Å². The third kappa shape index (κ3) is 7.64. The van der Waals surface area contributed by atoms with Crippen LogP contribution in [0.25, 0.3) is 55.5 Å². The number of hydrogen-bond acceptors (Lipinski definition) is 3. The third-order valence-corrected chi connectivity index (χ3v) is 15.6. The van der Waals surface area contributed by atoms with Gasteiger partial charge in [0.2, 0.25) is 0 Å². The first kappa shape index (κ1) is 46.4. The molecular formula is C67H67BN2O. The molecule has 0 amide bonds. The third-order valence-electron chi connectivity index (χ3n) is 15.6. The molecule has 0 saturated carbocycles. The van der Waals surface area contributed by atoms with Crippen LogP contribution in [0.3, 0.4) is 0 Å². The van der Waals surface area contributed by atoms with Gasteiger partial charge in [0.25, 0.3) is 0 Å². The summed E-state index contributed by atoms with van der Waals surface area (Å²) in [5.41, 5.74) is 33.3. The first-order valence-corrected chi connectivity index (χ1v) is 25.6. The molecule has 0 unspecified atom stereocenters. The van der Waals surface area contributed by atoms with Gasteiger partial charge in [-0.05, 0) is 217 Å². The molecule has 9 aromatic rings. The number of benzene rings is 8. The Kier molecular flexibility index (Phi) is 10.8. The van der Waals surface area contributed by atoms with Crippen molar-refractivity contribution in [1.82, 2.24) is 0 Å². The molecule has 3 heterocycles. The fourth-order valence-corrected chi connectivity index (χ4v) is 12.6. The molecule has 2 aliphatic heterocycles. The maximum atomic E-state index is 6.72. The monoisotopic (exact) mass is 927 g/mol. The summed E-state index contributed by atoms with van der Waals surface area (Å²) < 4.78 is 6.72. The van der Waals surface area contributed by atoms with Gasteiger partial charge in [0, 0.05) is 45.0 Å². The number of rotatable bonds is 5. The summed E-state index contributed by atoms with van der Waals surface area (Å²) in [5.74, 6) is 0. The standard InChI is InChI=1S/C67H67BN2O/c1-38-26-41(4)60(42(5)27-38)47-16-20-53(21-17-47)70-57-23-19-48(61-43(6)28-39(2)29-44(61)7)32-55(57)63-64-59(34-50-24-25-71-65(50)63)69(54-36-51(66(10,11)12)35-52(37-54)67(13,14)15)58-33-49(18-22-56(58)68(64)70)62-45(8)30-40(3)31-46(62)9/h16-37H,1-15H3. The topological polar surface area (TPSA) is 19.6 Å². The van der Waals surface area contributed by atoms with Gasteiger partial charge in [-0.3, -0.25) is 0 Å². The molecule has 0 fully saturated rings. The van der Waals surface area contributed by atoms with Crippen LogP contribution >= 0.6 is 0 Å². The predicted molar refractivity (Wildman–Crippen MR) is 306 cm³/mol. The molecule has 0 radical (unpaired) electrons. The highest BCUT2D eigenvalue weighted by atomic mass is 16.3. The minimum atomic E-state index is -0.183. The van der Waals surface area contributed by atoms with Gasteiger partial charge in [0.15, 0.2) is 0 Å². The average Bonchev–Trinajstić information content (AvgIpc) is 3.76. The number of hydrogen-bond donors (Lipinski definition) is 0. The van der Waals surface area contributed by atoms with Gasteiger partial charge in [-0.2, -0.15) is 0 Å². The summed E-state index contributed by atoms with van der Waals surface area (Å²) in [4.78, 5) is 5.24. The lowest BCUT2D eigenvalue weighted by Crippen LogP contribution is -2.61. The van der Waals surface area contributed by atoms with Gasteiger partial charge in [0.05, 0.1) is 6.26 Å². The average molecular weight is 927 g/mol. The molecule has 354 valence electrons. The SMILES string of the molecule is Cc1cc(C)c(-c2ccc(N3B4c5ccc(-c6c(C)cc(C)cc6C)cc5N(c5cc(C(C)(C)C)cc(C(C)(C)C)c5)c5cc6ccoc6c(c54)-c4cc(-c5c(C)cc(C)cc5C)ccc43)cc2)c(C)c1. The molecule has 0 N–H and O–H groups in total. The normalized spacial score (nSPS) is 13.2. The van der Waals surface area contributed by atoms with Crippen LogP contribution < -0.4 is 20.6 Å². The molecule has 8 aromatic carbocycles. The van der Waals surface area contributed by atoms with E-state index in [1.165, 1.54) is 134 Å². The highest BCUT2D eigenvalue weighted by molar-refractivity contribution is 6.94. The summed E-state index contributed by atoms with van der Waals surface area (Å²) in [6, 6.07) is 49.8. The first-order valence-electron chi connectivity index (χ1n) is 25.6. The van der Waals surface area contributed by atoms with E-state index in [9.17, 15) is 0 Å². The highest BCUT2D eigenvalue weighted by Gasteiger charge is 2.47. The van der Waals surface area contributed by atoms with Crippen LogP contribution in [0.2, 0.25) is 0 Å². The van der Waals surface area contributed by atoms with Crippen molar-refractivity contribution in [3.63, 3.8) is 0 Å². The Morgan fingerprint density at radius 2 is 0.887 bits per heavy atom. The Balaban J connectivity index is 1.26. The fourth-order valence-electron chi connectivity index (χ4n) is 12.6. The zero-order chi connectivity index (χ0) is 50.2. The zero-order valence-electron chi connectivity index (χ0n) is 44.6. The van der Waals surface area contributed by atoms with Crippen molar-refractivity contribution < 1.29 is 4.42 Å². The lowest BCUT2D eigenvalue weighted by Gasteiger charge is -2.46. The van der Waals surface area contributed by atoms with Gasteiger partial charge in [0.1, 0.15) is 5.58 Å². The molecule has 0 bridgehead atoms. The Labute approximate surface area is 423 Å². The van der Waals surface area contributed by atoms with E-state index in [1.807, 2.05) is 6.26 Å². The zero-order valence-corrected chi connectivity index (χ0v) is 44.6. The Morgan fingerprint density at radius 3 is 1.41 bits per heavy atom. The van der Waals surface area contributed by atoms with Crippen LogP contribution in [-0.2, 0) is 10.8 Å². The fraction of sp³-hybridized carbons (Fsp3) is 0.254. The largest absolute Gasteiger partial charge is 0.464 e. The second-order valence-corrected chi connectivity index (χ2v) is 23.3. The minimum Gasteiger partial charge on any atom is -0.464 e. The van der Waals surface area contributed by atoms with E-state index in [4.69, 9.17) is 4.42 Å². The molecule has 1 aromatic heterocycles. The lowest BCUT2D eigenvalue weighted by molar-refractivity contribution is 0.569. The van der Waals surface area contributed by atoms with Crippen molar-refractivity contribution >= 4 is 57.2 Å². The summed E-state index contributed by atoms with van der Waals surface area (Å²) in [6.45, 7) is 34.0. The number of anilines is 5. The minimum absolute atomic E-state index is 0.0801. The Hall–Kier alpha value is -7.04. The van der Waals surface area contributed by atoms with E-state index in [0.29, 0.717) is 0 Å².